The monoisotopic (exact) mass is 499 g/mol. The number of hydrogen-bond donors (Lipinski definition) is 0. The van der Waals surface area contributed by atoms with Crippen molar-refractivity contribution in [1.29, 1.82) is 0 Å². The Balaban J connectivity index is 1.64. The summed E-state index contributed by atoms with van der Waals surface area (Å²) in [6, 6.07) is 11.4. The van der Waals surface area contributed by atoms with Crippen LogP contribution in [0, 0.1) is 0 Å². The Labute approximate surface area is 210 Å². The summed E-state index contributed by atoms with van der Waals surface area (Å²) >= 11 is 6.60. The summed E-state index contributed by atoms with van der Waals surface area (Å²) in [6.45, 7) is 9.29. The van der Waals surface area contributed by atoms with E-state index in [1.807, 2.05) is 62.4 Å². The Hall–Kier alpha value is -2.97. The van der Waals surface area contributed by atoms with E-state index in [1.165, 1.54) is 11.8 Å². The van der Waals surface area contributed by atoms with Crippen LogP contribution in [0.2, 0.25) is 0 Å². The van der Waals surface area contributed by atoms with Crippen molar-refractivity contribution in [3.8, 4) is 23.0 Å². The van der Waals surface area contributed by atoms with Crippen molar-refractivity contribution in [2.24, 2.45) is 0 Å². The lowest BCUT2D eigenvalue weighted by Gasteiger charge is -2.14. The maximum Gasteiger partial charge on any atom is 0.266 e. The van der Waals surface area contributed by atoms with Crippen LogP contribution in [0.3, 0.4) is 0 Å². The van der Waals surface area contributed by atoms with E-state index in [9.17, 15) is 4.79 Å². The van der Waals surface area contributed by atoms with E-state index < -0.39 is 0 Å². The van der Waals surface area contributed by atoms with Gasteiger partial charge >= 0.3 is 0 Å². The normalized spacial score (nSPS) is 14.4. The predicted molar refractivity (Wildman–Crippen MR) is 141 cm³/mol. The van der Waals surface area contributed by atoms with Crippen LogP contribution in [-0.4, -0.2) is 48.6 Å². The standard InChI is InChI=1S/C26H29NO5S2/c1-5-8-18-9-11-20(22(15-18)29-4)31-13-14-32-21-12-10-19(16-23(21)30-7-3)17-24-25(28)27(6-2)26(33)34-24/h5,9-12,15-17H,1,6-8,13-14H2,2-4H3. The lowest BCUT2D eigenvalue weighted by atomic mass is 10.1. The molecule has 34 heavy (non-hydrogen) atoms. The first-order valence-electron chi connectivity index (χ1n) is 11.1. The van der Waals surface area contributed by atoms with Gasteiger partial charge in [-0.05, 0) is 61.7 Å². The Morgan fingerprint density at radius 3 is 2.32 bits per heavy atom. The third kappa shape index (κ3) is 6.33. The van der Waals surface area contributed by atoms with Crippen LogP contribution in [-0.2, 0) is 11.2 Å². The van der Waals surface area contributed by atoms with Gasteiger partial charge in [0.25, 0.3) is 5.91 Å². The van der Waals surface area contributed by atoms with Gasteiger partial charge in [0.1, 0.15) is 17.5 Å². The maximum absolute atomic E-state index is 12.5. The molecule has 0 N–H and O–H groups in total. The Morgan fingerprint density at radius 1 is 1.00 bits per heavy atom. The zero-order valence-electron chi connectivity index (χ0n) is 19.7. The molecule has 1 heterocycles. The molecule has 3 rings (SSSR count). The molecule has 1 saturated heterocycles. The highest BCUT2D eigenvalue weighted by atomic mass is 32.2. The second-order valence-corrected chi connectivity index (χ2v) is 8.92. The number of thioether (sulfide) groups is 1. The molecule has 0 unspecified atom stereocenters. The molecule has 0 bridgehead atoms. The number of amides is 1. The summed E-state index contributed by atoms with van der Waals surface area (Å²) in [5.41, 5.74) is 1.95. The van der Waals surface area contributed by atoms with E-state index in [0.29, 0.717) is 58.6 Å². The van der Waals surface area contributed by atoms with Crippen LogP contribution >= 0.6 is 24.0 Å². The molecule has 0 atom stereocenters. The number of carbonyl (C=O) groups is 1. The fraction of sp³-hybridized carbons (Fsp3) is 0.308. The summed E-state index contributed by atoms with van der Waals surface area (Å²) < 4.78 is 23.6. The number of benzene rings is 2. The molecule has 1 aliphatic heterocycles. The van der Waals surface area contributed by atoms with Gasteiger partial charge in [-0.3, -0.25) is 9.69 Å². The highest BCUT2D eigenvalue weighted by Gasteiger charge is 2.30. The Bertz CT molecular complexity index is 1080. The number of ether oxygens (including phenoxy) is 4. The maximum atomic E-state index is 12.5. The van der Waals surface area contributed by atoms with Crippen LogP contribution in [0.15, 0.2) is 54.0 Å². The van der Waals surface area contributed by atoms with Crippen molar-refractivity contribution in [3.63, 3.8) is 0 Å². The predicted octanol–water partition coefficient (Wildman–Crippen LogP) is 5.50. The number of nitrogens with zero attached hydrogens (tertiary/aromatic N) is 1. The van der Waals surface area contributed by atoms with Crippen LogP contribution in [0.1, 0.15) is 25.0 Å². The van der Waals surface area contributed by atoms with Crippen molar-refractivity contribution in [3.05, 3.63) is 65.1 Å². The zero-order chi connectivity index (χ0) is 24.5. The first-order chi connectivity index (χ1) is 16.5. The van der Waals surface area contributed by atoms with Crippen LogP contribution in [0.25, 0.3) is 6.08 Å². The van der Waals surface area contributed by atoms with Gasteiger partial charge < -0.3 is 18.9 Å². The lowest BCUT2D eigenvalue weighted by molar-refractivity contribution is -0.121. The first-order valence-corrected chi connectivity index (χ1v) is 12.3. The second kappa shape index (κ2) is 12.5. The highest BCUT2D eigenvalue weighted by molar-refractivity contribution is 8.26. The smallest absolute Gasteiger partial charge is 0.266 e. The number of thiocarbonyl (C=S) groups is 1. The minimum atomic E-state index is -0.0686. The number of methoxy groups -OCH3 is 1. The molecule has 0 radical (unpaired) electrons. The molecule has 1 aliphatic rings. The van der Waals surface area contributed by atoms with E-state index in [1.54, 1.807) is 12.0 Å². The van der Waals surface area contributed by atoms with Gasteiger partial charge in [0.2, 0.25) is 0 Å². The van der Waals surface area contributed by atoms with E-state index in [-0.39, 0.29) is 5.91 Å². The van der Waals surface area contributed by atoms with Crippen molar-refractivity contribution in [2.75, 3.05) is 33.5 Å². The number of likely N-dealkylation sites (N-methyl/N-ethyl adjacent to an activating group) is 1. The van der Waals surface area contributed by atoms with Gasteiger partial charge in [0.05, 0.1) is 18.6 Å². The first kappa shape index (κ1) is 25.6. The van der Waals surface area contributed by atoms with Gasteiger partial charge in [-0.2, -0.15) is 0 Å². The van der Waals surface area contributed by atoms with Crippen molar-refractivity contribution in [1.82, 2.24) is 4.90 Å². The molecule has 0 aromatic heterocycles. The fourth-order valence-corrected chi connectivity index (χ4v) is 4.74. The van der Waals surface area contributed by atoms with Gasteiger partial charge in [-0.15, -0.1) is 6.58 Å². The third-order valence-corrected chi connectivity index (χ3v) is 6.34. The Morgan fingerprint density at radius 2 is 1.71 bits per heavy atom. The second-order valence-electron chi connectivity index (χ2n) is 7.24. The third-order valence-electron chi connectivity index (χ3n) is 4.96. The average Bonchev–Trinajstić information content (AvgIpc) is 3.10. The summed E-state index contributed by atoms with van der Waals surface area (Å²) in [6.07, 6.45) is 4.44. The molecule has 180 valence electrons. The molecule has 2 aromatic carbocycles. The van der Waals surface area contributed by atoms with E-state index in [2.05, 4.69) is 6.58 Å². The van der Waals surface area contributed by atoms with E-state index in [0.717, 1.165) is 17.5 Å². The van der Waals surface area contributed by atoms with Gasteiger partial charge in [-0.25, -0.2) is 0 Å². The molecule has 1 amide bonds. The SMILES string of the molecule is C=CCc1ccc(OCCOc2ccc(C=C3SC(=S)N(CC)C3=O)cc2OCC)c(OC)c1. The van der Waals surface area contributed by atoms with E-state index >= 15 is 0 Å². The molecule has 2 aromatic rings. The minimum Gasteiger partial charge on any atom is -0.493 e. The van der Waals surface area contributed by atoms with Crippen molar-refractivity contribution < 1.29 is 23.7 Å². The zero-order valence-corrected chi connectivity index (χ0v) is 21.3. The average molecular weight is 500 g/mol. The fourth-order valence-electron chi connectivity index (χ4n) is 3.35. The summed E-state index contributed by atoms with van der Waals surface area (Å²) in [4.78, 5) is 14.7. The molecular weight excluding hydrogens is 470 g/mol. The van der Waals surface area contributed by atoms with Crippen LogP contribution < -0.4 is 18.9 Å². The van der Waals surface area contributed by atoms with Gasteiger partial charge in [0, 0.05) is 6.54 Å². The van der Waals surface area contributed by atoms with Crippen LogP contribution in [0.4, 0.5) is 0 Å². The van der Waals surface area contributed by atoms with Crippen molar-refractivity contribution >= 4 is 40.3 Å². The highest BCUT2D eigenvalue weighted by Crippen LogP contribution is 2.35. The topological polar surface area (TPSA) is 57.2 Å². The molecule has 0 aliphatic carbocycles. The summed E-state index contributed by atoms with van der Waals surface area (Å²) in [7, 11) is 1.62. The van der Waals surface area contributed by atoms with Crippen molar-refractivity contribution in [2.45, 2.75) is 20.3 Å². The molecule has 0 spiro atoms. The quantitative estimate of drug-likeness (QED) is 0.165. The Kier molecular flexibility index (Phi) is 9.42. The van der Waals surface area contributed by atoms with Crippen LogP contribution in [0.5, 0.6) is 23.0 Å². The number of rotatable bonds is 12. The number of hydrogen-bond acceptors (Lipinski definition) is 7. The summed E-state index contributed by atoms with van der Waals surface area (Å²) in [5.74, 6) is 2.47. The molecular formula is C26H29NO5S2. The summed E-state index contributed by atoms with van der Waals surface area (Å²) in [5, 5.41) is 0. The molecule has 0 saturated carbocycles. The minimum absolute atomic E-state index is 0.0686. The molecule has 8 heteroatoms. The molecule has 6 nitrogen and oxygen atoms in total. The van der Waals surface area contributed by atoms with E-state index in [4.69, 9.17) is 31.2 Å². The lowest BCUT2D eigenvalue weighted by Crippen LogP contribution is -2.27. The molecule has 1 fully saturated rings. The largest absolute Gasteiger partial charge is 0.493 e. The number of carbonyl (C=O) groups excluding carboxylic acids is 1. The number of allylic oxidation sites excluding steroid dienone is 1. The van der Waals surface area contributed by atoms with Gasteiger partial charge in [-0.1, -0.05) is 42.2 Å². The van der Waals surface area contributed by atoms with Gasteiger partial charge in [0.15, 0.2) is 23.0 Å².